The quantitative estimate of drug-likeness (QED) is 0.139. The number of alkyl halides is 5. The van der Waals surface area contributed by atoms with Gasteiger partial charge in [0.25, 0.3) is 11.8 Å². The first-order valence-corrected chi connectivity index (χ1v) is 19.2. The number of ether oxygens (including phenoxy) is 1. The van der Waals surface area contributed by atoms with Crippen LogP contribution in [0.15, 0.2) is 59.5 Å². The Bertz CT molecular complexity index is 2480. The molecule has 58 heavy (non-hydrogen) atoms. The highest BCUT2D eigenvalue weighted by atomic mass is 19.4. The predicted octanol–water partition coefficient (Wildman–Crippen LogP) is 6.20. The molecule has 0 bridgehead atoms. The monoisotopic (exact) mass is 808 g/mol. The van der Waals surface area contributed by atoms with Gasteiger partial charge in [-0.3, -0.25) is 38.4 Å². The number of rotatable bonds is 8. The first-order chi connectivity index (χ1) is 27.6. The van der Waals surface area contributed by atoms with E-state index >= 15 is 8.78 Å². The normalized spacial score (nSPS) is 22.9. The summed E-state index contributed by atoms with van der Waals surface area (Å²) in [6, 6.07) is 10.5. The maximum Gasteiger partial charge on any atom is 0.433 e. The van der Waals surface area contributed by atoms with Crippen LogP contribution >= 0.6 is 0 Å². The van der Waals surface area contributed by atoms with E-state index < -0.39 is 59.7 Å². The SMILES string of the molecule is COc1ccc2c(c1C1CCN(C[C@H]3CC[C@H](n4cc5cc(NC(=O)c6cccc(C(F)(F)F)n6)ccc5n4)CC3)CC1(F)F)n(C)c(=O)n2C1CCC(=O)NC1=O. The first-order valence-electron chi connectivity index (χ1n) is 19.2. The molecule has 13 nitrogen and oxygen atoms in total. The largest absolute Gasteiger partial charge is 0.496 e. The molecule has 3 amide bonds. The van der Waals surface area contributed by atoms with Crippen LogP contribution < -0.4 is 21.1 Å². The number of methoxy groups -OCH3 is 1. The zero-order valence-corrected chi connectivity index (χ0v) is 31.7. The fourth-order valence-electron chi connectivity index (χ4n) is 8.93. The third-order valence-electron chi connectivity index (χ3n) is 11.8. The Morgan fingerprint density at radius 3 is 2.50 bits per heavy atom. The highest BCUT2D eigenvalue weighted by Crippen LogP contribution is 2.47. The number of halogens is 5. The second kappa shape index (κ2) is 14.9. The summed E-state index contributed by atoms with van der Waals surface area (Å²) in [7, 11) is 2.90. The van der Waals surface area contributed by atoms with Gasteiger partial charge in [-0.15, -0.1) is 0 Å². The molecule has 2 N–H and O–H groups in total. The Hall–Kier alpha value is -5.65. The molecule has 18 heteroatoms. The van der Waals surface area contributed by atoms with Gasteiger partial charge in [-0.25, -0.2) is 18.6 Å². The number of carbonyl (C=O) groups is 3. The van der Waals surface area contributed by atoms with Crippen molar-refractivity contribution < 1.29 is 41.1 Å². The minimum absolute atomic E-state index is 0.0571. The molecule has 3 aliphatic rings. The van der Waals surface area contributed by atoms with Crippen LogP contribution in [0, 0.1) is 5.92 Å². The third kappa shape index (κ3) is 7.33. The van der Waals surface area contributed by atoms with Crippen molar-refractivity contribution in [3.05, 3.63) is 82.2 Å². The number of hydrogen-bond acceptors (Lipinski definition) is 8. The fraction of sp³-hybridized carbons (Fsp3) is 0.450. The van der Waals surface area contributed by atoms with Crippen LogP contribution in [-0.2, 0) is 22.8 Å². The summed E-state index contributed by atoms with van der Waals surface area (Å²) in [5.41, 5.74) is -0.154. The summed E-state index contributed by atoms with van der Waals surface area (Å²) in [5, 5.41) is 10.3. The number of aromatic nitrogens is 5. The number of hydrogen-bond donors (Lipinski definition) is 2. The second-order valence-corrected chi connectivity index (χ2v) is 15.5. The van der Waals surface area contributed by atoms with Gasteiger partial charge in [0.2, 0.25) is 11.8 Å². The molecule has 3 fully saturated rings. The molecule has 1 saturated carbocycles. The third-order valence-corrected chi connectivity index (χ3v) is 11.8. The minimum atomic E-state index is -4.68. The topological polar surface area (TPSA) is 145 Å². The van der Waals surface area contributed by atoms with Gasteiger partial charge in [0.05, 0.1) is 42.2 Å². The van der Waals surface area contributed by atoms with Crippen LogP contribution in [0.1, 0.15) is 84.7 Å². The number of nitrogens with one attached hydrogen (secondary N) is 2. The second-order valence-electron chi connectivity index (χ2n) is 15.5. The van der Waals surface area contributed by atoms with E-state index in [0.29, 0.717) is 29.8 Å². The molecule has 5 heterocycles. The number of anilines is 1. The lowest BCUT2D eigenvalue weighted by molar-refractivity contribution is -0.141. The average molecular weight is 809 g/mol. The van der Waals surface area contributed by atoms with Crippen molar-refractivity contribution in [3.8, 4) is 5.75 Å². The number of pyridine rings is 1. The molecule has 0 radical (unpaired) electrons. The van der Waals surface area contributed by atoms with E-state index in [4.69, 9.17) is 9.84 Å². The van der Waals surface area contributed by atoms with E-state index in [2.05, 4.69) is 15.6 Å². The Kier molecular flexibility index (Phi) is 10.1. The van der Waals surface area contributed by atoms with E-state index in [0.717, 1.165) is 43.2 Å². The molecule has 2 aromatic carbocycles. The number of carbonyl (C=O) groups excluding carboxylic acids is 3. The summed E-state index contributed by atoms with van der Waals surface area (Å²) in [6.45, 7) is 0.451. The molecule has 2 unspecified atom stereocenters. The number of piperidine rings is 2. The van der Waals surface area contributed by atoms with Crippen molar-refractivity contribution in [3.63, 3.8) is 0 Å². The van der Waals surface area contributed by atoms with Crippen molar-refractivity contribution in [1.29, 1.82) is 0 Å². The van der Waals surface area contributed by atoms with E-state index in [1.807, 2.05) is 15.8 Å². The number of likely N-dealkylation sites (tertiary alicyclic amines) is 1. The van der Waals surface area contributed by atoms with Crippen LogP contribution in [-0.4, -0.2) is 79.2 Å². The number of nitrogens with zero attached hydrogens (tertiary/aromatic N) is 6. The van der Waals surface area contributed by atoms with Gasteiger partial charge >= 0.3 is 11.9 Å². The average Bonchev–Trinajstić information content (AvgIpc) is 3.72. The van der Waals surface area contributed by atoms with Gasteiger partial charge in [0, 0.05) is 42.8 Å². The first kappa shape index (κ1) is 39.2. The van der Waals surface area contributed by atoms with Crippen molar-refractivity contribution in [2.75, 3.05) is 32.1 Å². The molecule has 3 aromatic heterocycles. The van der Waals surface area contributed by atoms with Crippen LogP contribution in [0.5, 0.6) is 5.75 Å². The Balaban J connectivity index is 0.911. The zero-order chi connectivity index (χ0) is 41.1. The summed E-state index contributed by atoms with van der Waals surface area (Å²) in [4.78, 5) is 56.1. The number of amides is 3. The lowest BCUT2D eigenvalue weighted by atomic mass is 9.82. The Morgan fingerprint density at radius 2 is 1.79 bits per heavy atom. The molecule has 2 atom stereocenters. The Labute approximate surface area is 328 Å². The van der Waals surface area contributed by atoms with Crippen LogP contribution in [0.4, 0.5) is 27.6 Å². The molecule has 8 rings (SSSR count). The number of fused-ring (bicyclic) bond motifs is 2. The fourth-order valence-corrected chi connectivity index (χ4v) is 8.93. The highest BCUT2D eigenvalue weighted by Gasteiger charge is 2.48. The standard InChI is InChI=1S/C40H41F5N8O5/c1-50-35-29(53(38(50)57)30-13-15-33(54)48-37(30)56)12-14-31(58-2)34(35)26-16-17-51(21-39(26,41)42)19-22-6-9-25(10-7-22)52-20-23-18-24(8-11-27(23)49-52)46-36(55)28-4-3-5-32(47-28)40(43,44)45/h3-5,8,11-12,14,18,20,22,25-26,30H,6-7,9-10,13,15-17,19,21H2,1-2H3,(H,46,55)(H,48,54,56)/t22-,25-,26?,30?. The highest BCUT2D eigenvalue weighted by molar-refractivity contribution is 6.04. The van der Waals surface area contributed by atoms with E-state index in [1.54, 1.807) is 30.3 Å². The van der Waals surface area contributed by atoms with Gasteiger partial charge in [0.1, 0.15) is 23.2 Å². The maximum atomic E-state index is 16.4. The van der Waals surface area contributed by atoms with Crippen molar-refractivity contribution >= 4 is 45.3 Å². The predicted molar refractivity (Wildman–Crippen MR) is 202 cm³/mol. The van der Waals surface area contributed by atoms with Crippen LogP contribution in [0.25, 0.3) is 21.9 Å². The molecular weight excluding hydrogens is 767 g/mol. The Morgan fingerprint density at radius 1 is 1.02 bits per heavy atom. The van der Waals surface area contributed by atoms with E-state index in [9.17, 15) is 32.3 Å². The number of benzene rings is 2. The van der Waals surface area contributed by atoms with Gasteiger partial charge < -0.3 is 10.1 Å². The molecule has 5 aromatic rings. The summed E-state index contributed by atoms with van der Waals surface area (Å²) < 4.78 is 82.0. The smallest absolute Gasteiger partial charge is 0.433 e. The lowest BCUT2D eigenvalue weighted by Crippen LogP contribution is -2.49. The summed E-state index contributed by atoms with van der Waals surface area (Å²) >= 11 is 0. The summed E-state index contributed by atoms with van der Waals surface area (Å²) in [5.74, 6) is -5.79. The van der Waals surface area contributed by atoms with Gasteiger partial charge in [-0.2, -0.15) is 18.3 Å². The molecular formula is C40H41F5N8O5. The maximum absolute atomic E-state index is 16.4. The molecule has 0 spiro atoms. The van der Waals surface area contributed by atoms with Crippen molar-refractivity contribution in [2.45, 2.75) is 75.0 Å². The van der Waals surface area contributed by atoms with E-state index in [1.165, 1.54) is 29.4 Å². The van der Waals surface area contributed by atoms with E-state index in [-0.39, 0.29) is 53.7 Å². The number of aryl methyl sites for hydroxylation is 1. The van der Waals surface area contributed by atoms with Crippen molar-refractivity contribution in [2.24, 2.45) is 13.0 Å². The molecule has 2 saturated heterocycles. The number of imidazole rings is 1. The molecule has 2 aliphatic heterocycles. The van der Waals surface area contributed by atoms with Gasteiger partial charge in [0.15, 0.2) is 0 Å². The lowest BCUT2D eigenvalue weighted by Gasteiger charge is -2.41. The minimum Gasteiger partial charge on any atom is -0.496 e. The zero-order valence-electron chi connectivity index (χ0n) is 31.7. The number of imide groups is 1. The van der Waals surface area contributed by atoms with Gasteiger partial charge in [-0.05, 0) is 93.5 Å². The summed E-state index contributed by atoms with van der Waals surface area (Å²) in [6.07, 6.45) is 0.674. The van der Waals surface area contributed by atoms with Gasteiger partial charge in [-0.1, -0.05) is 6.07 Å². The van der Waals surface area contributed by atoms with Crippen molar-refractivity contribution in [1.82, 2.24) is 34.1 Å². The molecule has 1 aliphatic carbocycles. The van der Waals surface area contributed by atoms with Crippen LogP contribution in [0.2, 0.25) is 0 Å². The van der Waals surface area contributed by atoms with Crippen LogP contribution in [0.3, 0.4) is 0 Å². The molecule has 306 valence electrons.